The van der Waals surface area contributed by atoms with Crippen molar-refractivity contribution in [3.8, 4) is 5.75 Å². The summed E-state index contributed by atoms with van der Waals surface area (Å²) in [6, 6.07) is 7.80. The largest absolute Gasteiger partial charge is 0.508 e. The molecule has 0 aromatic heterocycles. The highest BCUT2D eigenvalue weighted by Crippen LogP contribution is 2.26. The molecule has 0 saturated heterocycles. The standard InChI is InChI=1S/C13H8Cl2FNO2/c14-7-1-3-9(11(16)5-7)13(19)17-12-4-2-8(18)6-10(12)15/h1-6,18H,(H,17,19). The summed E-state index contributed by atoms with van der Waals surface area (Å²) in [5, 5.41) is 12.0. The van der Waals surface area contributed by atoms with Crippen molar-refractivity contribution < 1.29 is 14.3 Å². The molecule has 6 heteroatoms. The van der Waals surface area contributed by atoms with E-state index in [2.05, 4.69) is 5.32 Å². The summed E-state index contributed by atoms with van der Waals surface area (Å²) in [5.41, 5.74) is 0.132. The van der Waals surface area contributed by atoms with Crippen molar-refractivity contribution in [3.63, 3.8) is 0 Å². The molecule has 2 N–H and O–H groups in total. The van der Waals surface area contributed by atoms with E-state index in [1.165, 1.54) is 30.3 Å². The normalized spacial score (nSPS) is 10.3. The van der Waals surface area contributed by atoms with Crippen LogP contribution in [0.5, 0.6) is 5.75 Å². The highest BCUT2D eigenvalue weighted by atomic mass is 35.5. The summed E-state index contributed by atoms with van der Waals surface area (Å²) < 4.78 is 13.6. The zero-order valence-electron chi connectivity index (χ0n) is 9.45. The van der Waals surface area contributed by atoms with Crippen molar-refractivity contribution in [2.24, 2.45) is 0 Å². The topological polar surface area (TPSA) is 49.3 Å². The van der Waals surface area contributed by atoms with Gasteiger partial charge in [-0.05, 0) is 30.3 Å². The van der Waals surface area contributed by atoms with Crippen LogP contribution in [0.4, 0.5) is 10.1 Å². The first-order chi connectivity index (χ1) is 8.97. The molecule has 0 spiro atoms. The lowest BCUT2D eigenvalue weighted by atomic mass is 10.2. The van der Waals surface area contributed by atoms with Gasteiger partial charge in [0.1, 0.15) is 11.6 Å². The van der Waals surface area contributed by atoms with Crippen molar-refractivity contribution in [1.29, 1.82) is 0 Å². The molecule has 0 aliphatic carbocycles. The van der Waals surface area contributed by atoms with E-state index in [9.17, 15) is 14.3 Å². The Morgan fingerprint density at radius 1 is 1.16 bits per heavy atom. The van der Waals surface area contributed by atoms with Gasteiger partial charge in [-0.25, -0.2) is 4.39 Å². The molecule has 0 bridgehead atoms. The first-order valence-electron chi connectivity index (χ1n) is 5.22. The summed E-state index contributed by atoms with van der Waals surface area (Å²) in [6.07, 6.45) is 0. The van der Waals surface area contributed by atoms with Crippen LogP contribution in [0, 0.1) is 5.82 Å². The monoisotopic (exact) mass is 299 g/mol. The Labute approximate surface area is 118 Å². The molecule has 1 amide bonds. The smallest absolute Gasteiger partial charge is 0.258 e. The fourth-order valence-corrected chi connectivity index (χ4v) is 1.85. The van der Waals surface area contributed by atoms with Crippen molar-refractivity contribution in [1.82, 2.24) is 0 Å². The van der Waals surface area contributed by atoms with Crippen LogP contribution >= 0.6 is 23.2 Å². The molecule has 2 aromatic rings. The van der Waals surface area contributed by atoms with E-state index in [4.69, 9.17) is 23.2 Å². The number of carbonyl (C=O) groups is 1. The van der Waals surface area contributed by atoms with Gasteiger partial charge in [0.15, 0.2) is 0 Å². The zero-order chi connectivity index (χ0) is 14.0. The number of carbonyl (C=O) groups excluding carboxylic acids is 1. The lowest BCUT2D eigenvalue weighted by Gasteiger charge is -2.08. The maximum absolute atomic E-state index is 13.6. The number of anilines is 1. The molecule has 2 rings (SSSR count). The number of rotatable bonds is 2. The van der Waals surface area contributed by atoms with E-state index in [1.54, 1.807) is 0 Å². The van der Waals surface area contributed by atoms with Crippen molar-refractivity contribution in [2.75, 3.05) is 5.32 Å². The van der Waals surface area contributed by atoms with Crippen LogP contribution in [0.25, 0.3) is 0 Å². The van der Waals surface area contributed by atoms with Gasteiger partial charge in [0, 0.05) is 11.1 Å². The van der Waals surface area contributed by atoms with Gasteiger partial charge < -0.3 is 10.4 Å². The Hall–Kier alpha value is -1.78. The minimum absolute atomic E-state index is 0.0272. The molecule has 0 radical (unpaired) electrons. The number of benzene rings is 2. The molecule has 0 aliphatic rings. The minimum atomic E-state index is -0.722. The molecule has 3 nitrogen and oxygen atoms in total. The molecule has 0 unspecified atom stereocenters. The maximum Gasteiger partial charge on any atom is 0.258 e. The zero-order valence-corrected chi connectivity index (χ0v) is 11.0. The van der Waals surface area contributed by atoms with Crippen LogP contribution in [0.15, 0.2) is 36.4 Å². The average molecular weight is 300 g/mol. The van der Waals surface area contributed by atoms with Gasteiger partial charge in [-0.2, -0.15) is 0 Å². The average Bonchev–Trinajstić information content (AvgIpc) is 2.32. The fourth-order valence-electron chi connectivity index (χ4n) is 1.47. The van der Waals surface area contributed by atoms with Crippen molar-refractivity contribution >= 4 is 34.8 Å². The third-order valence-corrected chi connectivity index (χ3v) is 2.92. The predicted molar refractivity (Wildman–Crippen MR) is 72.5 cm³/mol. The van der Waals surface area contributed by atoms with Gasteiger partial charge in [0.25, 0.3) is 5.91 Å². The van der Waals surface area contributed by atoms with Crippen LogP contribution in [0.1, 0.15) is 10.4 Å². The summed E-state index contributed by atoms with van der Waals surface area (Å²) in [4.78, 5) is 11.9. The molecular weight excluding hydrogens is 292 g/mol. The molecule has 2 aromatic carbocycles. The molecular formula is C13H8Cl2FNO2. The number of halogens is 3. The third kappa shape index (κ3) is 3.16. The van der Waals surface area contributed by atoms with Gasteiger partial charge in [-0.15, -0.1) is 0 Å². The van der Waals surface area contributed by atoms with Crippen LogP contribution in [0.2, 0.25) is 10.0 Å². The summed E-state index contributed by atoms with van der Waals surface area (Å²) >= 11 is 11.4. The number of hydrogen-bond acceptors (Lipinski definition) is 2. The van der Waals surface area contributed by atoms with E-state index < -0.39 is 11.7 Å². The maximum atomic E-state index is 13.6. The second-order valence-electron chi connectivity index (χ2n) is 3.74. The highest BCUT2D eigenvalue weighted by Gasteiger charge is 2.13. The van der Waals surface area contributed by atoms with E-state index in [0.29, 0.717) is 0 Å². The SMILES string of the molecule is O=C(Nc1ccc(O)cc1Cl)c1ccc(Cl)cc1F. The second-order valence-corrected chi connectivity index (χ2v) is 4.59. The van der Waals surface area contributed by atoms with Crippen LogP contribution in [-0.2, 0) is 0 Å². The molecule has 0 aliphatic heterocycles. The number of hydrogen-bond donors (Lipinski definition) is 2. The quantitative estimate of drug-likeness (QED) is 0.821. The van der Waals surface area contributed by atoms with E-state index >= 15 is 0 Å². The van der Waals surface area contributed by atoms with Crippen LogP contribution in [-0.4, -0.2) is 11.0 Å². The summed E-state index contributed by atoms with van der Waals surface area (Å²) in [5.74, 6) is -1.40. The lowest BCUT2D eigenvalue weighted by molar-refractivity contribution is 0.102. The molecule has 0 heterocycles. The highest BCUT2D eigenvalue weighted by molar-refractivity contribution is 6.34. The molecule has 0 saturated carbocycles. The van der Waals surface area contributed by atoms with E-state index in [1.807, 2.05) is 0 Å². The fraction of sp³-hybridized carbons (Fsp3) is 0. The third-order valence-electron chi connectivity index (χ3n) is 2.38. The Balaban J connectivity index is 2.25. The number of nitrogens with one attached hydrogen (secondary N) is 1. The number of phenolic OH excluding ortho intramolecular Hbond substituents is 1. The van der Waals surface area contributed by atoms with Gasteiger partial charge >= 0.3 is 0 Å². The van der Waals surface area contributed by atoms with Gasteiger partial charge in [0.05, 0.1) is 16.3 Å². The first kappa shape index (κ1) is 13.6. The molecule has 0 fully saturated rings. The van der Waals surface area contributed by atoms with Gasteiger partial charge in [-0.3, -0.25) is 4.79 Å². The van der Waals surface area contributed by atoms with Crippen molar-refractivity contribution in [2.45, 2.75) is 0 Å². The summed E-state index contributed by atoms with van der Waals surface area (Å²) in [6.45, 7) is 0. The molecule has 0 atom stereocenters. The summed E-state index contributed by atoms with van der Waals surface area (Å²) in [7, 11) is 0. The van der Waals surface area contributed by atoms with E-state index in [0.717, 1.165) is 6.07 Å². The number of aromatic hydroxyl groups is 1. The van der Waals surface area contributed by atoms with Crippen molar-refractivity contribution in [3.05, 3.63) is 57.8 Å². The minimum Gasteiger partial charge on any atom is -0.508 e. The Morgan fingerprint density at radius 3 is 2.53 bits per heavy atom. The molecule has 98 valence electrons. The first-order valence-corrected chi connectivity index (χ1v) is 5.98. The van der Waals surface area contributed by atoms with E-state index in [-0.39, 0.29) is 27.0 Å². The number of phenols is 1. The Kier molecular flexibility index (Phi) is 3.93. The Bertz CT molecular complexity index is 647. The van der Waals surface area contributed by atoms with Crippen LogP contribution in [0.3, 0.4) is 0 Å². The lowest BCUT2D eigenvalue weighted by Crippen LogP contribution is -2.13. The second kappa shape index (κ2) is 5.47. The van der Waals surface area contributed by atoms with Crippen LogP contribution < -0.4 is 5.32 Å². The van der Waals surface area contributed by atoms with Gasteiger partial charge in [0.2, 0.25) is 0 Å². The predicted octanol–water partition coefficient (Wildman–Crippen LogP) is 4.09. The van der Waals surface area contributed by atoms with Gasteiger partial charge in [-0.1, -0.05) is 23.2 Å². The molecule has 19 heavy (non-hydrogen) atoms. The Morgan fingerprint density at radius 2 is 1.89 bits per heavy atom. The number of amides is 1.